The summed E-state index contributed by atoms with van der Waals surface area (Å²) in [5.74, 6) is 0.115. The van der Waals surface area contributed by atoms with Crippen molar-refractivity contribution in [2.75, 3.05) is 19.7 Å². The van der Waals surface area contributed by atoms with Gasteiger partial charge in [-0.3, -0.25) is 4.79 Å². The first-order valence-electron chi connectivity index (χ1n) is 7.26. The lowest BCUT2D eigenvalue weighted by Crippen LogP contribution is -2.51. The van der Waals surface area contributed by atoms with Crippen LogP contribution in [-0.4, -0.2) is 47.7 Å². The Bertz CT molecular complexity index is 294. The standard InChI is InChI=1S/C15H30N2O2/c1-14(2,3)16-12-7-9-17(10-8-12)13(18)11-19-15(4,5)6/h12,16H,7-11H2,1-6H3. The fourth-order valence-corrected chi connectivity index (χ4v) is 2.26. The van der Waals surface area contributed by atoms with Crippen molar-refractivity contribution in [3.63, 3.8) is 0 Å². The Morgan fingerprint density at radius 2 is 1.68 bits per heavy atom. The highest BCUT2D eigenvalue weighted by Crippen LogP contribution is 2.15. The number of nitrogens with zero attached hydrogens (tertiary/aromatic N) is 1. The van der Waals surface area contributed by atoms with Gasteiger partial charge in [0.25, 0.3) is 0 Å². The summed E-state index contributed by atoms with van der Waals surface area (Å²) >= 11 is 0. The van der Waals surface area contributed by atoms with Gasteiger partial charge in [0, 0.05) is 24.7 Å². The number of hydrogen-bond acceptors (Lipinski definition) is 3. The highest BCUT2D eigenvalue weighted by atomic mass is 16.5. The van der Waals surface area contributed by atoms with Gasteiger partial charge in [-0.25, -0.2) is 0 Å². The summed E-state index contributed by atoms with van der Waals surface area (Å²) in [7, 11) is 0. The number of nitrogens with one attached hydrogen (secondary N) is 1. The summed E-state index contributed by atoms with van der Waals surface area (Å²) in [5, 5.41) is 3.60. The minimum Gasteiger partial charge on any atom is -0.366 e. The van der Waals surface area contributed by atoms with E-state index >= 15 is 0 Å². The maximum absolute atomic E-state index is 12.0. The summed E-state index contributed by atoms with van der Waals surface area (Å²) in [6.45, 7) is 14.3. The third-order valence-electron chi connectivity index (χ3n) is 3.11. The monoisotopic (exact) mass is 270 g/mol. The van der Waals surface area contributed by atoms with Gasteiger partial charge in [0.1, 0.15) is 6.61 Å². The first kappa shape index (κ1) is 16.4. The van der Waals surface area contributed by atoms with Crippen molar-refractivity contribution >= 4 is 5.91 Å². The minimum absolute atomic E-state index is 0.115. The highest BCUT2D eigenvalue weighted by Gasteiger charge is 2.26. The minimum atomic E-state index is -0.248. The van der Waals surface area contributed by atoms with E-state index in [2.05, 4.69) is 26.1 Å². The molecule has 1 aliphatic rings. The smallest absolute Gasteiger partial charge is 0.248 e. The molecule has 1 amide bonds. The van der Waals surface area contributed by atoms with E-state index in [1.807, 2.05) is 25.7 Å². The number of carbonyl (C=O) groups is 1. The number of hydrogen-bond donors (Lipinski definition) is 1. The van der Waals surface area contributed by atoms with E-state index < -0.39 is 0 Å². The molecule has 0 radical (unpaired) electrons. The fraction of sp³-hybridized carbons (Fsp3) is 0.933. The molecule has 0 aromatic heterocycles. The molecule has 4 nitrogen and oxygen atoms in total. The molecule has 19 heavy (non-hydrogen) atoms. The van der Waals surface area contributed by atoms with Gasteiger partial charge in [-0.1, -0.05) is 0 Å². The van der Waals surface area contributed by atoms with E-state index in [-0.39, 0.29) is 23.7 Å². The van der Waals surface area contributed by atoms with Crippen LogP contribution in [0.5, 0.6) is 0 Å². The van der Waals surface area contributed by atoms with Gasteiger partial charge in [-0.2, -0.15) is 0 Å². The first-order chi connectivity index (χ1) is 8.57. The molecule has 1 rings (SSSR count). The molecule has 4 heteroatoms. The number of carbonyl (C=O) groups excluding carboxylic acids is 1. The number of ether oxygens (including phenoxy) is 1. The Morgan fingerprint density at radius 1 is 1.16 bits per heavy atom. The summed E-state index contributed by atoms with van der Waals surface area (Å²) in [4.78, 5) is 13.9. The van der Waals surface area contributed by atoms with Crippen molar-refractivity contribution in [1.29, 1.82) is 0 Å². The molecule has 0 saturated carbocycles. The van der Waals surface area contributed by atoms with Crippen LogP contribution in [0.2, 0.25) is 0 Å². The van der Waals surface area contributed by atoms with Gasteiger partial charge in [-0.05, 0) is 54.4 Å². The van der Waals surface area contributed by atoms with E-state index in [0.717, 1.165) is 25.9 Å². The van der Waals surface area contributed by atoms with Crippen LogP contribution >= 0.6 is 0 Å². The Balaban J connectivity index is 2.31. The van der Waals surface area contributed by atoms with Crippen molar-refractivity contribution < 1.29 is 9.53 Å². The normalized spacial score (nSPS) is 18.7. The van der Waals surface area contributed by atoms with Gasteiger partial charge in [0.05, 0.1) is 5.60 Å². The van der Waals surface area contributed by atoms with Crippen LogP contribution in [0.15, 0.2) is 0 Å². The predicted octanol–water partition coefficient (Wildman–Crippen LogP) is 2.18. The molecule has 1 saturated heterocycles. The van der Waals surface area contributed by atoms with Gasteiger partial charge >= 0.3 is 0 Å². The van der Waals surface area contributed by atoms with Crippen LogP contribution in [0.25, 0.3) is 0 Å². The molecule has 0 aliphatic carbocycles. The summed E-state index contributed by atoms with van der Waals surface area (Å²) in [6.07, 6.45) is 2.05. The third-order valence-corrected chi connectivity index (χ3v) is 3.11. The molecular weight excluding hydrogens is 240 g/mol. The number of amides is 1. The lowest BCUT2D eigenvalue weighted by Gasteiger charge is -2.36. The van der Waals surface area contributed by atoms with Crippen molar-refractivity contribution in [2.24, 2.45) is 0 Å². The van der Waals surface area contributed by atoms with Crippen molar-refractivity contribution in [2.45, 2.75) is 71.6 Å². The van der Waals surface area contributed by atoms with Crippen LogP contribution < -0.4 is 5.32 Å². The summed E-state index contributed by atoms with van der Waals surface area (Å²) in [5.41, 5.74) is -0.103. The highest BCUT2D eigenvalue weighted by molar-refractivity contribution is 5.77. The second kappa shape index (κ2) is 6.23. The van der Waals surface area contributed by atoms with Gasteiger partial charge in [-0.15, -0.1) is 0 Å². The zero-order valence-electron chi connectivity index (χ0n) is 13.4. The lowest BCUT2D eigenvalue weighted by atomic mass is 10.00. The van der Waals surface area contributed by atoms with Crippen LogP contribution in [0.1, 0.15) is 54.4 Å². The molecule has 1 aliphatic heterocycles. The Morgan fingerprint density at radius 3 is 2.11 bits per heavy atom. The molecule has 1 fully saturated rings. The number of rotatable bonds is 3. The van der Waals surface area contributed by atoms with Crippen LogP contribution in [0.4, 0.5) is 0 Å². The molecule has 1 heterocycles. The van der Waals surface area contributed by atoms with Gasteiger partial charge < -0.3 is 15.0 Å². The number of likely N-dealkylation sites (tertiary alicyclic amines) is 1. The Kier molecular flexibility index (Phi) is 5.39. The van der Waals surface area contributed by atoms with Crippen molar-refractivity contribution in [1.82, 2.24) is 10.2 Å². The lowest BCUT2D eigenvalue weighted by molar-refractivity contribution is -0.142. The Labute approximate surface area is 117 Å². The average Bonchev–Trinajstić information content (AvgIpc) is 2.23. The van der Waals surface area contributed by atoms with E-state index in [9.17, 15) is 4.79 Å². The molecule has 0 spiro atoms. The molecule has 1 N–H and O–H groups in total. The Hall–Kier alpha value is -0.610. The fourth-order valence-electron chi connectivity index (χ4n) is 2.26. The van der Waals surface area contributed by atoms with E-state index in [0.29, 0.717) is 6.04 Å². The molecular formula is C15H30N2O2. The van der Waals surface area contributed by atoms with Gasteiger partial charge in [0.2, 0.25) is 5.91 Å². The molecule has 0 aromatic carbocycles. The quantitative estimate of drug-likeness (QED) is 0.854. The maximum atomic E-state index is 12.0. The predicted molar refractivity (Wildman–Crippen MR) is 78.2 cm³/mol. The van der Waals surface area contributed by atoms with Crippen LogP contribution in [-0.2, 0) is 9.53 Å². The van der Waals surface area contributed by atoms with E-state index in [1.165, 1.54) is 0 Å². The second-order valence-electron chi connectivity index (χ2n) is 7.45. The molecule has 0 unspecified atom stereocenters. The van der Waals surface area contributed by atoms with Gasteiger partial charge in [0.15, 0.2) is 0 Å². The molecule has 0 atom stereocenters. The third kappa shape index (κ3) is 6.92. The zero-order chi connectivity index (χ0) is 14.7. The van der Waals surface area contributed by atoms with Crippen LogP contribution in [0, 0.1) is 0 Å². The molecule has 112 valence electrons. The van der Waals surface area contributed by atoms with E-state index in [4.69, 9.17) is 4.74 Å². The topological polar surface area (TPSA) is 41.6 Å². The van der Waals surface area contributed by atoms with Crippen LogP contribution in [0.3, 0.4) is 0 Å². The average molecular weight is 270 g/mol. The zero-order valence-corrected chi connectivity index (χ0v) is 13.4. The molecule has 0 aromatic rings. The number of piperidine rings is 1. The van der Waals surface area contributed by atoms with E-state index in [1.54, 1.807) is 0 Å². The SMILES string of the molecule is CC(C)(C)NC1CCN(C(=O)COC(C)(C)C)CC1. The van der Waals surface area contributed by atoms with Crippen molar-refractivity contribution in [3.05, 3.63) is 0 Å². The first-order valence-corrected chi connectivity index (χ1v) is 7.26. The maximum Gasteiger partial charge on any atom is 0.248 e. The summed E-state index contributed by atoms with van der Waals surface area (Å²) in [6, 6.07) is 0.521. The largest absolute Gasteiger partial charge is 0.366 e. The van der Waals surface area contributed by atoms with Crippen molar-refractivity contribution in [3.8, 4) is 0 Å². The molecule has 0 bridgehead atoms. The summed E-state index contributed by atoms with van der Waals surface area (Å²) < 4.78 is 5.54. The second-order valence-corrected chi connectivity index (χ2v) is 7.45.